The molecule has 0 atom stereocenters. The first-order valence-corrected chi connectivity index (χ1v) is 10.4. The van der Waals surface area contributed by atoms with Crippen LogP contribution in [0.2, 0.25) is 5.02 Å². The van der Waals surface area contributed by atoms with Gasteiger partial charge in [-0.1, -0.05) is 35.9 Å². The first-order valence-electron chi connectivity index (χ1n) is 10.0. The van der Waals surface area contributed by atoms with Crippen LogP contribution in [-0.4, -0.2) is 16.2 Å². The van der Waals surface area contributed by atoms with Gasteiger partial charge in [0.25, 0.3) is 0 Å². The van der Waals surface area contributed by atoms with Gasteiger partial charge in [-0.3, -0.25) is 0 Å². The van der Waals surface area contributed by atoms with Gasteiger partial charge >= 0.3 is 0 Å². The van der Waals surface area contributed by atoms with E-state index in [4.69, 9.17) is 21.3 Å². The summed E-state index contributed by atoms with van der Waals surface area (Å²) in [7, 11) is 0. The van der Waals surface area contributed by atoms with Crippen molar-refractivity contribution in [1.29, 1.82) is 0 Å². The number of unbranched alkanes of at least 4 members (excludes halogenated alkanes) is 1. The minimum atomic E-state index is 0.715. The van der Waals surface area contributed by atoms with E-state index in [-0.39, 0.29) is 0 Å². The van der Waals surface area contributed by atoms with Crippen LogP contribution in [-0.2, 0) is 6.54 Å². The molecule has 0 spiro atoms. The van der Waals surface area contributed by atoms with Crippen molar-refractivity contribution < 1.29 is 4.74 Å². The summed E-state index contributed by atoms with van der Waals surface area (Å²) in [5.74, 6) is 1.97. The van der Waals surface area contributed by atoms with Crippen molar-refractivity contribution in [2.24, 2.45) is 0 Å². The molecule has 4 aromatic rings. The Morgan fingerprint density at radius 1 is 0.897 bits per heavy atom. The lowest BCUT2D eigenvalue weighted by atomic mass is 10.1. The number of fused-ring (bicyclic) bond motifs is 1. The molecule has 3 nitrogen and oxygen atoms in total. The highest BCUT2D eigenvalue weighted by atomic mass is 35.5. The van der Waals surface area contributed by atoms with E-state index in [1.54, 1.807) is 0 Å². The molecule has 0 unspecified atom stereocenters. The van der Waals surface area contributed by atoms with Gasteiger partial charge < -0.3 is 9.30 Å². The van der Waals surface area contributed by atoms with Crippen molar-refractivity contribution in [1.82, 2.24) is 9.55 Å². The van der Waals surface area contributed by atoms with Gasteiger partial charge in [-0.2, -0.15) is 0 Å². The zero-order valence-corrected chi connectivity index (χ0v) is 17.6. The van der Waals surface area contributed by atoms with Crippen LogP contribution in [0.4, 0.5) is 0 Å². The number of aryl methyl sites for hydroxylation is 2. The second-order valence-electron chi connectivity index (χ2n) is 7.34. The number of para-hydroxylation sites is 2. The van der Waals surface area contributed by atoms with Gasteiger partial charge in [0, 0.05) is 17.1 Å². The van der Waals surface area contributed by atoms with Crippen molar-refractivity contribution in [2.45, 2.75) is 33.2 Å². The van der Waals surface area contributed by atoms with E-state index in [0.717, 1.165) is 52.6 Å². The fourth-order valence-corrected chi connectivity index (χ4v) is 3.68. The molecular weight excluding hydrogens is 380 g/mol. The lowest BCUT2D eigenvalue weighted by Crippen LogP contribution is -2.04. The summed E-state index contributed by atoms with van der Waals surface area (Å²) in [5, 5.41) is 0.736. The van der Waals surface area contributed by atoms with E-state index in [9.17, 15) is 0 Å². The molecule has 1 heterocycles. The SMILES string of the molecule is Cc1cccc(OCCCCn2c(-c3ccc(Cl)cc3)nc3ccccc32)c1C. The second-order valence-corrected chi connectivity index (χ2v) is 7.77. The monoisotopic (exact) mass is 404 g/mol. The summed E-state index contributed by atoms with van der Waals surface area (Å²) in [6, 6.07) is 22.4. The Bertz CT molecular complexity index is 1120. The van der Waals surface area contributed by atoms with Gasteiger partial charge in [-0.15, -0.1) is 0 Å². The Labute approximate surface area is 176 Å². The predicted molar refractivity (Wildman–Crippen MR) is 121 cm³/mol. The average Bonchev–Trinajstić information content (AvgIpc) is 3.10. The van der Waals surface area contributed by atoms with E-state index in [2.05, 4.69) is 42.7 Å². The summed E-state index contributed by atoms with van der Waals surface area (Å²) >= 11 is 6.07. The summed E-state index contributed by atoms with van der Waals surface area (Å²) in [5.41, 5.74) is 5.74. The highest BCUT2D eigenvalue weighted by Crippen LogP contribution is 2.26. The number of ether oxygens (including phenoxy) is 1. The second kappa shape index (κ2) is 8.71. The molecule has 0 aliphatic rings. The van der Waals surface area contributed by atoms with E-state index < -0.39 is 0 Å². The topological polar surface area (TPSA) is 27.1 Å². The van der Waals surface area contributed by atoms with Crippen LogP contribution in [0.1, 0.15) is 24.0 Å². The lowest BCUT2D eigenvalue weighted by molar-refractivity contribution is 0.301. The smallest absolute Gasteiger partial charge is 0.141 e. The van der Waals surface area contributed by atoms with Crippen molar-refractivity contribution in [3.05, 3.63) is 82.9 Å². The van der Waals surface area contributed by atoms with Crippen LogP contribution in [0.15, 0.2) is 66.7 Å². The molecule has 0 amide bonds. The molecule has 148 valence electrons. The quantitative estimate of drug-likeness (QED) is 0.315. The minimum absolute atomic E-state index is 0.715. The maximum atomic E-state index is 6.07. The van der Waals surface area contributed by atoms with Gasteiger partial charge in [0.05, 0.1) is 17.6 Å². The number of aromatic nitrogens is 2. The third kappa shape index (κ3) is 4.30. The predicted octanol–water partition coefficient (Wildman–Crippen LogP) is 6.83. The van der Waals surface area contributed by atoms with Gasteiger partial charge in [-0.25, -0.2) is 4.98 Å². The lowest BCUT2D eigenvalue weighted by Gasteiger charge is -2.12. The summed E-state index contributed by atoms with van der Waals surface area (Å²) in [6.45, 7) is 5.84. The number of halogens is 1. The summed E-state index contributed by atoms with van der Waals surface area (Å²) in [6.07, 6.45) is 2.01. The highest BCUT2D eigenvalue weighted by molar-refractivity contribution is 6.30. The van der Waals surface area contributed by atoms with Gasteiger partial charge in [-0.05, 0) is 80.3 Å². The molecule has 0 aliphatic carbocycles. The van der Waals surface area contributed by atoms with Crippen LogP contribution < -0.4 is 4.74 Å². The average molecular weight is 405 g/mol. The molecule has 0 radical (unpaired) electrons. The van der Waals surface area contributed by atoms with Crippen molar-refractivity contribution in [2.75, 3.05) is 6.61 Å². The zero-order valence-electron chi connectivity index (χ0n) is 16.9. The number of rotatable bonds is 7. The standard InChI is InChI=1S/C25H25ClN2O/c1-18-8-7-11-24(19(18)2)29-17-6-5-16-28-23-10-4-3-9-22(23)27-25(28)20-12-14-21(26)15-13-20/h3-4,7-15H,5-6,16-17H2,1-2H3. The molecule has 0 saturated heterocycles. The molecule has 29 heavy (non-hydrogen) atoms. The fraction of sp³-hybridized carbons (Fsp3) is 0.240. The maximum absolute atomic E-state index is 6.07. The molecule has 0 fully saturated rings. The molecule has 0 aliphatic heterocycles. The van der Waals surface area contributed by atoms with Crippen LogP contribution >= 0.6 is 11.6 Å². The molecule has 0 saturated carbocycles. The molecule has 0 N–H and O–H groups in total. The molecule has 4 heteroatoms. The molecular formula is C25H25ClN2O. The van der Waals surface area contributed by atoms with Crippen molar-refractivity contribution in [3.63, 3.8) is 0 Å². The number of imidazole rings is 1. The minimum Gasteiger partial charge on any atom is -0.493 e. The third-order valence-corrected chi connectivity index (χ3v) is 5.60. The van der Waals surface area contributed by atoms with Crippen molar-refractivity contribution in [3.8, 4) is 17.1 Å². The molecule has 1 aromatic heterocycles. The third-order valence-electron chi connectivity index (χ3n) is 5.35. The summed E-state index contributed by atoms with van der Waals surface area (Å²) in [4.78, 5) is 4.87. The van der Waals surface area contributed by atoms with Crippen LogP contribution in [0.3, 0.4) is 0 Å². The Morgan fingerprint density at radius 2 is 1.69 bits per heavy atom. The first kappa shape index (κ1) is 19.5. The Morgan fingerprint density at radius 3 is 2.52 bits per heavy atom. The van der Waals surface area contributed by atoms with Crippen LogP contribution in [0, 0.1) is 13.8 Å². The highest BCUT2D eigenvalue weighted by Gasteiger charge is 2.12. The number of benzene rings is 3. The van der Waals surface area contributed by atoms with Gasteiger partial charge in [0.2, 0.25) is 0 Å². The van der Waals surface area contributed by atoms with E-state index in [0.29, 0.717) is 6.61 Å². The maximum Gasteiger partial charge on any atom is 0.141 e. The van der Waals surface area contributed by atoms with Gasteiger partial charge in [0.1, 0.15) is 11.6 Å². The number of hydrogen-bond acceptors (Lipinski definition) is 2. The fourth-order valence-electron chi connectivity index (χ4n) is 3.56. The molecule has 4 rings (SSSR count). The number of hydrogen-bond donors (Lipinski definition) is 0. The van der Waals surface area contributed by atoms with Gasteiger partial charge in [0.15, 0.2) is 0 Å². The Hall–Kier alpha value is -2.78. The Kier molecular flexibility index (Phi) is 5.86. The van der Waals surface area contributed by atoms with Crippen LogP contribution in [0.5, 0.6) is 5.75 Å². The first-order chi connectivity index (χ1) is 14.1. The molecule has 0 bridgehead atoms. The van der Waals surface area contributed by atoms with E-state index in [1.165, 1.54) is 11.1 Å². The molecule has 3 aromatic carbocycles. The number of nitrogens with zero attached hydrogens (tertiary/aromatic N) is 2. The zero-order chi connectivity index (χ0) is 20.2. The Balaban J connectivity index is 1.46. The van der Waals surface area contributed by atoms with Crippen LogP contribution in [0.25, 0.3) is 22.4 Å². The summed E-state index contributed by atoms with van der Waals surface area (Å²) < 4.78 is 8.32. The van der Waals surface area contributed by atoms with Crippen molar-refractivity contribution >= 4 is 22.6 Å². The normalized spacial score (nSPS) is 11.1. The largest absolute Gasteiger partial charge is 0.493 e. The van der Waals surface area contributed by atoms with E-state index >= 15 is 0 Å². The van der Waals surface area contributed by atoms with E-state index in [1.807, 2.05) is 42.5 Å².